The lowest BCUT2D eigenvalue weighted by Crippen LogP contribution is -2.07. The zero-order valence-electron chi connectivity index (χ0n) is 34.2. The Morgan fingerprint density at radius 3 is 1.19 bits per heavy atom. The van der Waals surface area contributed by atoms with E-state index in [4.69, 9.17) is 29.9 Å². The molecule has 11 rings (SSSR count). The van der Waals surface area contributed by atoms with Gasteiger partial charge >= 0.3 is 0 Å². The normalized spacial score (nSPS) is 13.9. The van der Waals surface area contributed by atoms with E-state index < -0.39 is 7.14 Å². The first-order valence-electron chi connectivity index (χ1n) is 20.8. The molecule has 8 heteroatoms. The van der Waals surface area contributed by atoms with Gasteiger partial charge in [0, 0.05) is 44.0 Å². The Kier molecular flexibility index (Phi) is 9.52. The molecule has 1 aliphatic heterocycles. The fourth-order valence-electron chi connectivity index (χ4n) is 8.36. The molecule has 1 unspecified atom stereocenters. The van der Waals surface area contributed by atoms with Crippen molar-refractivity contribution in [2.24, 2.45) is 0 Å². The van der Waals surface area contributed by atoms with Gasteiger partial charge in [0.1, 0.15) is 7.14 Å². The summed E-state index contributed by atoms with van der Waals surface area (Å²) in [6.07, 6.45) is 0. The largest absolute Gasteiger partial charge is 0.314 e. The summed E-state index contributed by atoms with van der Waals surface area (Å²) in [6.45, 7) is 1.87. The van der Waals surface area contributed by atoms with Gasteiger partial charge in [0.2, 0.25) is 0 Å². The van der Waals surface area contributed by atoms with Crippen LogP contribution in [0.5, 0.6) is 0 Å². The smallest absolute Gasteiger partial charge is 0.164 e. The van der Waals surface area contributed by atoms with Crippen molar-refractivity contribution in [3.05, 3.63) is 206 Å². The second-order valence-electron chi connectivity index (χ2n) is 15.6. The molecule has 2 aromatic heterocycles. The number of aromatic nitrogens is 6. The quantitative estimate of drug-likeness (QED) is 0.141. The van der Waals surface area contributed by atoms with Gasteiger partial charge in [-0.25, -0.2) is 29.9 Å². The molecule has 8 aromatic carbocycles. The van der Waals surface area contributed by atoms with Crippen LogP contribution in [-0.2, 0) is 4.57 Å². The fraction of sp³-hybridized carbons (Fsp3) is 0.0182. The average molecular weight is 829 g/mol. The van der Waals surface area contributed by atoms with E-state index >= 15 is 0 Å². The zero-order valence-corrected chi connectivity index (χ0v) is 35.1. The molecule has 7 nitrogen and oxygen atoms in total. The van der Waals surface area contributed by atoms with Gasteiger partial charge < -0.3 is 4.57 Å². The van der Waals surface area contributed by atoms with E-state index in [1.807, 2.05) is 164 Å². The van der Waals surface area contributed by atoms with Crippen molar-refractivity contribution in [1.82, 2.24) is 29.9 Å². The van der Waals surface area contributed by atoms with Crippen molar-refractivity contribution < 1.29 is 4.57 Å². The van der Waals surface area contributed by atoms with E-state index in [0.717, 1.165) is 77.4 Å². The molecule has 0 N–H and O–H groups in total. The molecule has 0 radical (unpaired) electrons. The summed E-state index contributed by atoms with van der Waals surface area (Å²) in [7, 11) is -2.75. The molecule has 0 bridgehead atoms. The van der Waals surface area contributed by atoms with Gasteiger partial charge in [-0.15, -0.1) is 0 Å². The van der Waals surface area contributed by atoms with Gasteiger partial charge in [-0.05, 0) is 64.3 Å². The summed E-state index contributed by atoms with van der Waals surface area (Å²) < 4.78 is 14.2. The SMILES string of the molecule is CP1(=O)c2ccccc2-c2cc(-c3ccc(-c4cccc(-c5nc(-c6ccccc6)nc(-c6ccccc6)n5)c4)cc3-c3nc(-c4ccccc4)nc(-c4ccccc4)n3)ccc21. The average Bonchev–Trinajstić information content (AvgIpc) is 3.59. The van der Waals surface area contributed by atoms with Crippen LogP contribution in [0.1, 0.15) is 0 Å². The molecular weight excluding hydrogens is 792 g/mol. The second kappa shape index (κ2) is 15.8. The Hall–Kier alpha value is -7.99. The first kappa shape index (κ1) is 38.0. The number of hydrogen-bond donors (Lipinski definition) is 0. The van der Waals surface area contributed by atoms with E-state index in [-0.39, 0.29) is 0 Å². The van der Waals surface area contributed by atoms with Crippen molar-refractivity contribution in [3.63, 3.8) is 0 Å². The first-order chi connectivity index (χ1) is 31.0. The van der Waals surface area contributed by atoms with E-state index in [9.17, 15) is 4.57 Å². The topological polar surface area (TPSA) is 94.4 Å². The second-order valence-corrected chi connectivity index (χ2v) is 18.4. The molecule has 1 atom stereocenters. The highest BCUT2D eigenvalue weighted by atomic mass is 31.2. The van der Waals surface area contributed by atoms with Crippen LogP contribution in [0.4, 0.5) is 0 Å². The van der Waals surface area contributed by atoms with Crippen molar-refractivity contribution in [2.75, 3.05) is 6.66 Å². The van der Waals surface area contributed by atoms with Crippen molar-refractivity contribution in [2.45, 2.75) is 0 Å². The Labute approximate surface area is 365 Å². The van der Waals surface area contributed by atoms with E-state index in [0.29, 0.717) is 34.9 Å². The maximum Gasteiger partial charge on any atom is 0.164 e. The Morgan fingerprint density at radius 2 is 0.651 bits per heavy atom. The summed E-state index contributed by atoms with van der Waals surface area (Å²) in [6, 6.07) is 69.1. The lowest BCUT2D eigenvalue weighted by molar-refractivity contribution is 0.591. The minimum Gasteiger partial charge on any atom is -0.314 e. The third-order valence-corrected chi connectivity index (χ3v) is 14.2. The van der Waals surface area contributed by atoms with Crippen molar-refractivity contribution in [1.29, 1.82) is 0 Å². The van der Waals surface area contributed by atoms with E-state index in [1.54, 1.807) is 0 Å². The van der Waals surface area contributed by atoms with Crippen LogP contribution < -0.4 is 10.6 Å². The molecule has 298 valence electrons. The van der Waals surface area contributed by atoms with Gasteiger partial charge in [0.15, 0.2) is 34.9 Å². The molecular formula is C55H37N6OP. The predicted molar refractivity (Wildman–Crippen MR) is 255 cm³/mol. The summed E-state index contributed by atoms with van der Waals surface area (Å²) >= 11 is 0. The van der Waals surface area contributed by atoms with E-state index in [2.05, 4.69) is 48.5 Å². The maximum absolute atomic E-state index is 14.2. The predicted octanol–water partition coefficient (Wildman–Crippen LogP) is 12.3. The summed E-state index contributed by atoms with van der Waals surface area (Å²) in [4.78, 5) is 30.3. The van der Waals surface area contributed by atoms with Gasteiger partial charge in [0.05, 0.1) is 0 Å². The summed E-state index contributed by atoms with van der Waals surface area (Å²) in [5, 5.41) is 1.78. The Balaban J connectivity index is 1.10. The summed E-state index contributed by atoms with van der Waals surface area (Å²) in [5.74, 6) is 3.47. The number of nitrogens with zero attached hydrogens (tertiary/aromatic N) is 6. The molecule has 0 saturated heterocycles. The Morgan fingerprint density at radius 1 is 0.270 bits per heavy atom. The highest BCUT2D eigenvalue weighted by Crippen LogP contribution is 2.51. The minimum absolute atomic E-state index is 0.537. The van der Waals surface area contributed by atoms with Crippen LogP contribution in [0.3, 0.4) is 0 Å². The fourth-order valence-corrected chi connectivity index (χ4v) is 10.6. The molecule has 0 saturated carbocycles. The van der Waals surface area contributed by atoms with Crippen LogP contribution in [0.15, 0.2) is 206 Å². The van der Waals surface area contributed by atoms with Crippen LogP contribution in [-0.4, -0.2) is 36.6 Å². The zero-order chi connectivity index (χ0) is 42.3. The van der Waals surface area contributed by atoms with Crippen molar-refractivity contribution in [3.8, 4) is 102 Å². The lowest BCUT2D eigenvalue weighted by Gasteiger charge is -2.15. The van der Waals surface area contributed by atoms with Gasteiger partial charge in [-0.2, -0.15) is 0 Å². The van der Waals surface area contributed by atoms with Crippen LogP contribution in [0.25, 0.3) is 102 Å². The Bertz CT molecular complexity index is 3270. The number of fused-ring (bicyclic) bond motifs is 3. The van der Waals surface area contributed by atoms with Gasteiger partial charge in [-0.3, -0.25) is 0 Å². The molecule has 0 aliphatic carbocycles. The molecule has 0 spiro atoms. The monoisotopic (exact) mass is 828 g/mol. The third kappa shape index (κ3) is 7.14. The number of benzene rings is 8. The van der Waals surface area contributed by atoms with Gasteiger partial charge in [0.25, 0.3) is 0 Å². The first-order valence-corrected chi connectivity index (χ1v) is 22.9. The highest BCUT2D eigenvalue weighted by Gasteiger charge is 2.34. The molecule has 0 amide bonds. The molecule has 10 aromatic rings. The summed E-state index contributed by atoms with van der Waals surface area (Å²) in [5.41, 5.74) is 11.1. The maximum atomic E-state index is 14.2. The molecule has 3 heterocycles. The highest BCUT2D eigenvalue weighted by molar-refractivity contribution is 7.79. The van der Waals surface area contributed by atoms with E-state index in [1.165, 1.54) is 0 Å². The van der Waals surface area contributed by atoms with Crippen molar-refractivity contribution >= 4 is 17.8 Å². The number of hydrogen-bond acceptors (Lipinski definition) is 7. The van der Waals surface area contributed by atoms with Crippen LogP contribution in [0, 0.1) is 0 Å². The standard InChI is InChI=1S/C55H37N6OP/c1-63(62)48-28-15-14-27-45(48)46-35-42(30-32-49(46)63)44-31-29-41(34-47(44)55-60-52(38-21-10-4-11-22-38)57-53(61-55)39-23-12-5-13-24-39)40-25-16-26-43(33-40)54-58-50(36-17-6-2-7-18-36)56-51(59-54)37-19-8-3-9-20-37/h2-35H,1H3. The number of rotatable bonds is 8. The van der Waals surface area contributed by atoms with Crippen LogP contribution >= 0.6 is 7.14 Å². The minimum atomic E-state index is -2.75. The molecule has 1 aliphatic rings. The third-order valence-electron chi connectivity index (χ3n) is 11.5. The van der Waals surface area contributed by atoms with Crippen LogP contribution in [0.2, 0.25) is 0 Å². The lowest BCUT2D eigenvalue weighted by atomic mass is 9.92. The molecule has 63 heavy (non-hydrogen) atoms. The van der Waals surface area contributed by atoms with Gasteiger partial charge in [-0.1, -0.05) is 182 Å². The molecule has 0 fully saturated rings.